The number of hydrogen-bond acceptors (Lipinski definition) is 6. The van der Waals surface area contributed by atoms with Crippen LogP contribution < -0.4 is 5.32 Å². The molecule has 1 saturated heterocycles. The Morgan fingerprint density at radius 2 is 2.05 bits per heavy atom. The van der Waals surface area contributed by atoms with E-state index in [-0.39, 0.29) is 41.7 Å². The lowest BCUT2D eigenvalue weighted by molar-refractivity contribution is -0.131. The summed E-state index contributed by atoms with van der Waals surface area (Å²) in [5, 5.41) is 6.11. The topological polar surface area (TPSA) is 71.5 Å². The minimum Gasteiger partial charge on any atom is -0.378 e. The second-order valence-corrected chi connectivity index (χ2v) is 11.4. The van der Waals surface area contributed by atoms with Crippen molar-refractivity contribution in [3.8, 4) is 0 Å². The number of methoxy groups -OCH3 is 1. The molecule has 1 fully saturated rings. The standard InChI is InChI=1S/C30H39N3O3S/c1-19(2)23-17-26(20(3)27(34)18-23)33-14-9-12-25(33)28(36-5)21(4)29(35)32-24(30-31-13-15-37-30)16-22-10-7-6-8-11-22/h6-8,10-11,13,15,21,23-25,28H,1,9,12,14,16-18H2,2-5H3,(H,32,35)/t21-,23?,24+,25+,28-/m1/s1. The van der Waals surface area contributed by atoms with Gasteiger partial charge in [0.05, 0.1) is 24.1 Å². The van der Waals surface area contributed by atoms with Crippen molar-refractivity contribution in [3.63, 3.8) is 0 Å². The summed E-state index contributed by atoms with van der Waals surface area (Å²) in [6.07, 6.45) is 5.46. The Labute approximate surface area is 224 Å². The molecule has 198 valence electrons. The van der Waals surface area contributed by atoms with Gasteiger partial charge in [0.2, 0.25) is 5.91 Å². The molecule has 6 nitrogen and oxygen atoms in total. The molecule has 2 aromatic rings. The van der Waals surface area contributed by atoms with Crippen molar-refractivity contribution < 1.29 is 14.3 Å². The molecule has 1 N–H and O–H groups in total. The number of rotatable bonds is 10. The van der Waals surface area contributed by atoms with E-state index in [2.05, 4.69) is 33.9 Å². The number of Topliss-reactive ketones (excluding diaryl/α,β-unsaturated/α-hetero) is 1. The summed E-state index contributed by atoms with van der Waals surface area (Å²) in [5.41, 5.74) is 4.16. The first-order valence-corrected chi connectivity index (χ1v) is 14.1. The first kappa shape index (κ1) is 27.3. The zero-order chi connectivity index (χ0) is 26.5. The Hall–Kier alpha value is -2.77. The minimum atomic E-state index is -0.369. The smallest absolute Gasteiger partial charge is 0.226 e. The van der Waals surface area contributed by atoms with Crippen molar-refractivity contribution in [2.45, 2.75) is 71.1 Å². The van der Waals surface area contributed by atoms with Gasteiger partial charge in [0.15, 0.2) is 5.78 Å². The van der Waals surface area contributed by atoms with Crippen molar-refractivity contribution in [2.24, 2.45) is 11.8 Å². The van der Waals surface area contributed by atoms with E-state index in [1.54, 1.807) is 24.6 Å². The van der Waals surface area contributed by atoms with Crippen molar-refractivity contribution in [3.05, 3.63) is 75.9 Å². The number of aromatic nitrogens is 1. The molecule has 7 heteroatoms. The second kappa shape index (κ2) is 12.2. The molecule has 4 rings (SSSR count). The minimum absolute atomic E-state index is 0.0415. The molecular weight excluding hydrogens is 482 g/mol. The van der Waals surface area contributed by atoms with Crippen molar-refractivity contribution in [1.29, 1.82) is 0 Å². The van der Waals surface area contributed by atoms with Crippen LogP contribution >= 0.6 is 11.3 Å². The maximum absolute atomic E-state index is 13.6. The molecule has 0 saturated carbocycles. The number of carbonyl (C=O) groups is 2. The number of likely N-dealkylation sites (tertiary alicyclic amines) is 1. The Balaban J connectivity index is 1.52. The van der Waals surface area contributed by atoms with E-state index in [1.807, 2.05) is 44.4 Å². The van der Waals surface area contributed by atoms with Crippen LogP contribution in [0.4, 0.5) is 0 Å². The number of nitrogens with one attached hydrogen (secondary N) is 1. The van der Waals surface area contributed by atoms with Crippen LogP contribution in [0, 0.1) is 11.8 Å². The van der Waals surface area contributed by atoms with Crippen LogP contribution in [0.3, 0.4) is 0 Å². The fourth-order valence-corrected chi connectivity index (χ4v) is 6.44. The van der Waals surface area contributed by atoms with Gasteiger partial charge < -0.3 is 15.0 Å². The van der Waals surface area contributed by atoms with Gasteiger partial charge in [-0.25, -0.2) is 4.98 Å². The molecule has 2 heterocycles. The van der Waals surface area contributed by atoms with E-state index in [0.29, 0.717) is 12.8 Å². The van der Waals surface area contributed by atoms with Crippen LogP contribution in [0.5, 0.6) is 0 Å². The fraction of sp³-hybridized carbons (Fsp3) is 0.500. The molecule has 0 radical (unpaired) electrons. The zero-order valence-electron chi connectivity index (χ0n) is 22.4. The molecule has 0 spiro atoms. The summed E-state index contributed by atoms with van der Waals surface area (Å²) in [6.45, 7) is 10.9. The van der Waals surface area contributed by atoms with Crippen LogP contribution in [0.1, 0.15) is 63.1 Å². The number of ether oxygens (including phenoxy) is 1. The van der Waals surface area contributed by atoms with E-state index in [0.717, 1.165) is 53.2 Å². The maximum atomic E-state index is 13.6. The van der Waals surface area contributed by atoms with Crippen molar-refractivity contribution >= 4 is 23.0 Å². The molecule has 5 atom stereocenters. The lowest BCUT2D eigenvalue weighted by Crippen LogP contribution is -2.49. The van der Waals surface area contributed by atoms with Crippen LogP contribution in [-0.4, -0.2) is 47.4 Å². The number of allylic oxidation sites excluding steroid dienone is 3. The van der Waals surface area contributed by atoms with E-state index >= 15 is 0 Å². The Kier molecular flexibility index (Phi) is 8.98. The number of carbonyl (C=O) groups excluding carboxylic acids is 2. The van der Waals surface area contributed by atoms with Gasteiger partial charge in [-0.05, 0) is 51.0 Å². The van der Waals surface area contributed by atoms with Crippen LogP contribution in [-0.2, 0) is 20.7 Å². The summed E-state index contributed by atoms with van der Waals surface area (Å²) < 4.78 is 6.02. The van der Waals surface area contributed by atoms with Crippen LogP contribution in [0.25, 0.3) is 0 Å². The Bertz CT molecular complexity index is 1130. The Morgan fingerprint density at radius 1 is 1.30 bits per heavy atom. The van der Waals surface area contributed by atoms with Crippen molar-refractivity contribution in [2.75, 3.05) is 13.7 Å². The highest BCUT2D eigenvalue weighted by atomic mass is 32.1. The zero-order valence-corrected chi connectivity index (χ0v) is 23.2. The molecule has 1 aliphatic carbocycles. The second-order valence-electron chi connectivity index (χ2n) is 10.5. The molecule has 0 bridgehead atoms. The molecule has 1 amide bonds. The third kappa shape index (κ3) is 6.21. The van der Waals surface area contributed by atoms with Gasteiger partial charge in [-0.2, -0.15) is 0 Å². The summed E-state index contributed by atoms with van der Waals surface area (Å²) >= 11 is 1.56. The highest BCUT2D eigenvalue weighted by Crippen LogP contribution is 2.38. The molecule has 1 aliphatic heterocycles. The monoisotopic (exact) mass is 521 g/mol. The summed E-state index contributed by atoms with van der Waals surface area (Å²) in [6, 6.07) is 10.0. The number of thiazole rings is 1. The van der Waals surface area contributed by atoms with E-state index < -0.39 is 0 Å². The van der Waals surface area contributed by atoms with Gasteiger partial charge in [-0.15, -0.1) is 11.3 Å². The third-order valence-electron chi connectivity index (χ3n) is 7.97. The molecule has 1 unspecified atom stereocenters. The molecule has 1 aromatic carbocycles. The summed E-state index contributed by atoms with van der Waals surface area (Å²) in [5.74, 6) is -0.0379. The van der Waals surface area contributed by atoms with Gasteiger partial charge >= 0.3 is 0 Å². The van der Waals surface area contributed by atoms with Gasteiger partial charge in [-0.1, -0.05) is 49.4 Å². The molecular formula is C30H39N3O3S. The number of benzene rings is 1. The molecule has 1 aromatic heterocycles. The maximum Gasteiger partial charge on any atom is 0.226 e. The average Bonchev–Trinajstić information content (AvgIpc) is 3.59. The highest BCUT2D eigenvalue weighted by Gasteiger charge is 2.41. The molecule has 37 heavy (non-hydrogen) atoms. The first-order valence-electron chi connectivity index (χ1n) is 13.2. The predicted molar refractivity (Wildman–Crippen MR) is 148 cm³/mol. The van der Waals surface area contributed by atoms with E-state index in [1.165, 1.54) is 0 Å². The SMILES string of the molecule is C=C(C)C1CC(=O)C(C)=C(N2CCC[C@H]2[C@H](OC)[C@@H](C)C(=O)N[C@@H](Cc2ccccc2)c2nccs2)C1. The van der Waals surface area contributed by atoms with Gasteiger partial charge in [0.25, 0.3) is 0 Å². The Morgan fingerprint density at radius 3 is 2.70 bits per heavy atom. The normalized spacial score (nSPS) is 22.6. The van der Waals surface area contributed by atoms with Crippen molar-refractivity contribution in [1.82, 2.24) is 15.2 Å². The number of ketones is 1. The third-order valence-corrected chi connectivity index (χ3v) is 8.86. The van der Waals surface area contributed by atoms with Crippen LogP contribution in [0.15, 0.2) is 65.3 Å². The van der Waals surface area contributed by atoms with Gasteiger partial charge in [0.1, 0.15) is 5.01 Å². The predicted octanol–water partition coefficient (Wildman–Crippen LogP) is 5.49. The summed E-state index contributed by atoms with van der Waals surface area (Å²) in [7, 11) is 1.69. The highest BCUT2D eigenvalue weighted by molar-refractivity contribution is 7.09. The van der Waals surface area contributed by atoms with Crippen LogP contribution in [0.2, 0.25) is 0 Å². The quantitative estimate of drug-likeness (QED) is 0.419. The molecule has 2 aliphatic rings. The van der Waals surface area contributed by atoms with E-state index in [9.17, 15) is 9.59 Å². The first-order chi connectivity index (χ1) is 17.8. The van der Waals surface area contributed by atoms with E-state index in [4.69, 9.17) is 4.74 Å². The lowest BCUT2D eigenvalue weighted by Gasteiger charge is -2.39. The van der Waals surface area contributed by atoms with Gasteiger partial charge in [0, 0.05) is 42.9 Å². The van der Waals surface area contributed by atoms with Gasteiger partial charge in [-0.3, -0.25) is 9.59 Å². The number of hydrogen-bond donors (Lipinski definition) is 1. The number of nitrogens with zero attached hydrogens (tertiary/aromatic N) is 2. The number of amides is 1. The summed E-state index contributed by atoms with van der Waals surface area (Å²) in [4.78, 5) is 33.3. The fourth-order valence-electron chi connectivity index (χ4n) is 5.75. The average molecular weight is 522 g/mol. The lowest BCUT2D eigenvalue weighted by atomic mass is 9.82. The largest absolute Gasteiger partial charge is 0.378 e.